The Morgan fingerprint density at radius 3 is 2.70 bits per heavy atom. The van der Waals surface area contributed by atoms with E-state index >= 15 is 0 Å². The Morgan fingerprint density at radius 2 is 2.04 bits per heavy atom. The lowest BCUT2D eigenvalue weighted by Gasteiger charge is -2.28. The zero-order valence-electron chi connectivity index (χ0n) is 12.7. The summed E-state index contributed by atoms with van der Waals surface area (Å²) in [6, 6.07) is 2.84. The van der Waals surface area contributed by atoms with Gasteiger partial charge in [-0.1, -0.05) is 0 Å². The van der Waals surface area contributed by atoms with Crippen molar-refractivity contribution in [2.45, 2.75) is 18.9 Å². The number of rotatable bonds is 3. The maximum Gasteiger partial charge on any atom is 0.253 e. The molecule has 0 saturated carbocycles. The van der Waals surface area contributed by atoms with E-state index in [2.05, 4.69) is 25.8 Å². The van der Waals surface area contributed by atoms with E-state index in [4.69, 9.17) is 0 Å². The maximum atomic E-state index is 12.2. The first-order chi connectivity index (χ1) is 11.1. The number of nitrogens with zero attached hydrogens (tertiary/aromatic N) is 2. The number of imide groups is 1. The molecule has 1 atom stereocenters. The lowest BCUT2D eigenvalue weighted by atomic mass is 10.1. The monoisotopic (exact) mass is 317 g/mol. The number of hydrogen-bond acceptors (Lipinski definition) is 6. The Bertz CT molecular complexity index is 610. The first-order valence-electron chi connectivity index (χ1n) is 7.70. The van der Waals surface area contributed by atoms with E-state index in [0.29, 0.717) is 12.0 Å². The molecule has 2 aliphatic rings. The van der Waals surface area contributed by atoms with Crippen molar-refractivity contribution < 1.29 is 14.4 Å². The van der Waals surface area contributed by atoms with E-state index < -0.39 is 11.9 Å². The van der Waals surface area contributed by atoms with Crippen LogP contribution in [-0.4, -0.2) is 54.9 Å². The molecule has 2 fully saturated rings. The van der Waals surface area contributed by atoms with Crippen LogP contribution in [-0.2, 0) is 9.59 Å². The molecule has 0 aliphatic carbocycles. The third-order valence-electron chi connectivity index (χ3n) is 4.00. The van der Waals surface area contributed by atoms with Crippen molar-refractivity contribution in [1.82, 2.24) is 20.9 Å². The van der Waals surface area contributed by atoms with Crippen LogP contribution in [0, 0.1) is 0 Å². The van der Waals surface area contributed by atoms with Gasteiger partial charge in [0.1, 0.15) is 11.9 Å². The molecule has 3 heterocycles. The van der Waals surface area contributed by atoms with Crippen molar-refractivity contribution >= 4 is 23.5 Å². The van der Waals surface area contributed by atoms with Crippen molar-refractivity contribution in [3.63, 3.8) is 0 Å². The number of anilines is 1. The maximum absolute atomic E-state index is 12.2. The number of amides is 3. The standard InChI is InChI=1S/C15H19N5O3/c21-13-4-2-11(15(23)19-13)18-14(22)10-1-3-12(17-9-10)20-7-5-16-6-8-20/h1,3,9,11,16H,2,4-8H2,(H,18,22)(H,19,21,23). The highest BCUT2D eigenvalue weighted by molar-refractivity contribution is 6.03. The SMILES string of the molecule is O=C1CCC(NC(=O)c2ccc(N3CCNCC3)nc2)C(=O)N1. The second kappa shape index (κ2) is 6.74. The van der Waals surface area contributed by atoms with Crippen LogP contribution < -0.4 is 20.9 Å². The molecule has 8 nitrogen and oxygen atoms in total. The van der Waals surface area contributed by atoms with Crippen molar-refractivity contribution in [3.8, 4) is 0 Å². The highest BCUT2D eigenvalue weighted by atomic mass is 16.2. The summed E-state index contributed by atoms with van der Waals surface area (Å²) in [6.45, 7) is 3.60. The number of piperidine rings is 1. The van der Waals surface area contributed by atoms with Crippen LogP contribution in [0.2, 0.25) is 0 Å². The highest BCUT2D eigenvalue weighted by Crippen LogP contribution is 2.12. The summed E-state index contributed by atoms with van der Waals surface area (Å²) in [5.74, 6) is -0.287. The largest absolute Gasteiger partial charge is 0.354 e. The minimum atomic E-state index is -0.673. The molecule has 2 aliphatic heterocycles. The predicted molar refractivity (Wildman–Crippen MR) is 83.0 cm³/mol. The van der Waals surface area contributed by atoms with E-state index in [0.717, 1.165) is 32.0 Å². The van der Waals surface area contributed by atoms with Gasteiger partial charge in [0.15, 0.2) is 0 Å². The Kier molecular flexibility index (Phi) is 4.52. The van der Waals surface area contributed by atoms with Crippen LogP contribution in [0.25, 0.3) is 0 Å². The Labute approximate surface area is 133 Å². The summed E-state index contributed by atoms with van der Waals surface area (Å²) in [4.78, 5) is 41.4. The Balaban J connectivity index is 1.61. The van der Waals surface area contributed by atoms with Crippen LogP contribution in [0.3, 0.4) is 0 Å². The second-order valence-corrected chi connectivity index (χ2v) is 5.62. The van der Waals surface area contributed by atoms with Gasteiger partial charge in [0.05, 0.1) is 5.56 Å². The van der Waals surface area contributed by atoms with Gasteiger partial charge in [0, 0.05) is 38.8 Å². The summed E-state index contributed by atoms with van der Waals surface area (Å²) < 4.78 is 0. The van der Waals surface area contributed by atoms with Crippen molar-refractivity contribution in [1.29, 1.82) is 0 Å². The molecule has 1 aromatic rings. The fraction of sp³-hybridized carbons (Fsp3) is 0.467. The average molecular weight is 317 g/mol. The second-order valence-electron chi connectivity index (χ2n) is 5.62. The number of carbonyl (C=O) groups excluding carboxylic acids is 3. The molecule has 3 amide bonds. The van der Waals surface area contributed by atoms with Crippen molar-refractivity contribution in [2.75, 3.05) is 31.1 Å². The Hall–Kier alpha value is -2.48. The summed E-state index contributed by atoms with van der Waals surface area (Å²) in [7, 11) is 0. The summed E-state index contributed by atoms with van der Waals surface area (Å²) in [5, 5.41) is 8.13. The zero-order chi connectivity index (χ0) is 16.2. The fourth-order valence-corrected chi connectivity index (χ4v) is 2.67. The molecule has 0 bridgehead atoms. The van der Waals surface area contributed by atoms with Crippen LogP contribution in [0.15, 0.2) is 18.3 Å². The van der Waals surface area contributed by atoms with E-state index in [1.54, 1.807) is 6.07 Å². The summed E-state index contributed by atoms with van der Waals surface area (Å²) in [6.07, 6.45) is 2.07. The number of hydrogen-bond donors (Lipinski definition) is 3. The fourth-order valence-electron chi connectivity index (χ4n) is 2.67. The van der Waals surface area contributed by atoms with Gasteiger partial charge in [-0.15, -0.1) is 0 Å². The molecule has 0 spiro atoms. The molecule has 2 saturated heterocycles. The molecule has 0 aromatic carbocycles. The molecule has 0 radical (unpaired) electrons. The van der Waals surface area contributed by atoms with Gasteiger partial charge in [0.2, 0.25) is 11.8 Å². The summed E-state index contributed by atoms with van der Waals surface area (Å²) in [5.41, 5.74) is 0.397. The first kappa shape index (κ1) is 15.4. The number of piperazine rings is 1. The molecule has 1 aromatic heterocycles. The molecule has 8 heteroatoms. The molecule has 122 valence electrons. The quantitative estimate of drug-likeness (QED) is 0.620. The minimum Gasteiger partial charge on any atom is -0.354 e. The molecular weight excluding hydrogens is 298 g/mol. The normalized spacial score (nSPS) is 21.7. The van der Waals surface area contributed by atoms with E-state index in [1.165, 1.54) is 6.20 Å². The average Bonchev–Trinajstić information content (AvgIpc) is 2.58. The lowest BCUT2D eigenvalue weighted by Crippen LogP contribution is -2.52. The van der Waals surface area contributed by atoms with Gasteiger partial charge in [-0.05, 0) is 18.6 Å². The topological polar surface area (TPSA) is 103 Å². The number of nitrogens with one attached hydrogen (secondary N) is 3. The van der Waals surface area contributed by atoms with Gasteiger partial charge < -0.3 is 15.5 Å². The number of pyridine rings is 1. The lowest BCUT2D eigenvalue weighted by molar-refractivity contribution is -0.134. The van der Waals surface area contributed by atoms with Crippen molar-refractivity contribution in [3.05, 3.63) is 23.9 Å². The smallest absolute Gasteiger partial charge is 0.253 e. The van der Waals surface area contributed by atoms with Crippen LogP contribution >= 0.6 is 0 Å². The molecule has 1 unspecified atom stereocenters. The highest BCUT2D eigenvalue weighted by Gasteiger charge is 2.28. The van der Waals surface area contributed by atoms with Crippen molar-refractivity contribution in [2.24, 2.45) is 0 Å². The predicted octanol–water partition coefficient (Wildman–Crippen LogP) is -0.974. The van der Waals surface area contributed by atoms with Crippen LogP contribution in [0.5, 0.6) is 0 Å². The third-order valence-corrected chi connectivity index (χ3v) is 4.00. The van der Waals surface area contributed by atoms with E-state index in [1.807, 2.05) is 6.07 Å². The van der Waals surface area contributed by atoms with Gasteiger partial charge in [-0.25, -0.2) is 4.98 Å². The Morgan fingerprint density at radius 1 is 1.26 bits per heavy atom. The van der Waals surface area contributed by atoms with E-state index in [9.17, 15) is 14.4 Å². The van der Waals surface area contributed by atoms with Gasteiger partial charge in [0.25, 0.3) is 5.91 Å². The molecule has 3 N–H and O–H groups in total. The molecule has 3 rings (SSSR count). The first-order valence-corrected chi connectivity index (χ1v) is 7.70. The minimum absolute atomic E-state index is 0.233. The van der Waals surface area contributed by atoms with E-state index in [-0.39, 0.29) is 18.2 Å². The van der Waals surface area contributed by atoms with Gasteiger partial charge in [-0.2, -0.15) is 0 Å². The number of aromatic nitrogens is 1. The summed E-state index contributed by atoms with van der Waals surface area (Å²) >= 11 is 0. The van der Waals surface area contributed by atoms with Gasteiger partial charge >= 0.3 is 0 Å². The zero-order valence-corrected chi connectivity index (χ0v) is 12.7. The van der Waals surface area contributed by atoms with Gasteiger partial charge in [-0.3, -0.25) is 19.7 Å². The molecule has 23 heavy (non-hydrogen) atoms. The number of carbonyl (C=O) groups is 3. The van der Waals surface area contributed by atoms with Crippen LogP contribution in [0.1, 0.15) is 23.2 Å². The van der Waals surface area contributed by atoms with Crippen LogP contribution in [0.4, 0.5) is 5.82 Å². The third kappa shape index (κ3) is 3.65. The molecular formula is C15H19N5O3.